The number of carbonyl (C=O) groups is 3. The molecule has 1 fully saturated rings. The third kappa shape index (κ3) is 7.51. The molecule has 1 saturated heterocycles. The molecule has 0 saturated carbocycles. The lowest BCUT2D eigenvalue weighted by Gasteiger charge is -2.27. The van der Waals surface area contributed by atoms with E-state index < -0.39 is 52.6 Å². The number of nitriles is 1. The molecule has 0 spiro atoms. The lowest BCUT2D eigenvalue weighted by atomic mass is 9.87. The summed E-state index contributed by atoms with van der Waals surface area (Å²) in [7, 11) is 0. The third-order valence-electron chi connectivity index (χ3n) is 5.26. The molecule has 3 atom stereocenters. The lowest BCUT2D eigenvalue weighted by molar-refractivity contribution is -0.140. The normalized spacial score (nSPS) is 19.8. The molecular weight excluding hydrogens is 439 g/mol. The van der Waals surface area contributed by atoms with E-state index in [9.17, 15) is 32.8 Å². The molecule has 1 aliphatic rings. The number of hydrogen-bond acceptors (Lipinski definition) is 4. The van der Waals surface area contributed by atoms with E-state index in [4.69, 9.17) is 0 Å². The number of alkyl halides is 3. The van der Waals surface area contributed by atoms with Crippen molar-refractivity contribution >= 4 is 17.7 Å². The molecule has 3 amide bonds. The Morgan fingerprint density at radius 2 is 1.88 bits per heavy atom. The Kier molecular flexibility index (Phi) is 7.51. The highest BCUT2D eigenvalue weighted by atomic mass is 19.4. The maximum atomic E-state index is 12.9. The van der Waals surface area contributed by atoms with Crippen LogP contribution in [-0.4, -0.2) is 40.3 Å². The molecule has 8 nitrogen and oxygen atoms in total. The standard InChI is InChI=1S/C22H30F3N5O3/c1-20(2,3)10-15(29-18(32)14-6-7-16(28-14)22(23,24)25)19(33)27-13(11-26)8-12-9-21(4,5)30-17(12)31/h6-7,12-13,15,28H,8-10H2,1-5H3,(H,27,33)(H,29,32)(H,30,31)/t12-,13+,15+/m1/s1. The summed E-state index contributed by atoms with van der Waals surface area (Å²) in [6.07, 6.45) is -3.84. The van der Waals surface area contributed by atoms with Gasteiger partial charge >= 0.3 is 6.18 Å². The molecule has 0 radical (unpaired) electrons. The summed E-state index contributed by atoms with van der Waals surface area (Å²) >= 11 is 0. The van der Waals surface area contributed by atoms with E-state index in [-0.39, 0.29) is 24.4 Å². The van der Waals surface area contributed by atoms with Gasteiger partial charge in [0.2, 0.25) is 11.8 Å². The maximum Gasteiger partial charge on any atom is 0.431 e. The van der Waals surface area contributed by atoms with E-state index >= 15 is 0 Å². The van der Waals surface area contributed by atoms with Gasteiger partial charge in [0.05, 0.1) is 6.07 Å². The highest BCUT2D eigenvalue weighted by Gasteiger charge is 2.39. The fraction of sp³-hybridized carbons (Fsp3) is 0.636. The van der Waals surface area contributed by atoms with Crippen molar-refractivity contribution in [3.8, 4) is 6.07 Å². The van der Waals surface area contributed by atoms with Gasteiger partial charge in [0, 0.05) is 11.5 Å². The minimum absolute atomic E-state index is 0.110. The van der Waals surface area contributed by atoms with Crippen LogP contribution >= 0.6 is 0 Å². The molecule has 0 unspecified atom stereocenters. The smallest absolute Gasteiger partial charge is 0.351 e. The number of aromatic nitrogens is 1. The predicted molar refractivity (Wildman–Crippen MR) is 114 cm³/mol. The highest BCUT2D eigenvalue weighted by molar-refractivity contribution is 5.96. The van der Waals surface area contributed by atoms with Gasteiger partial charge < -0.3 is 20.9 Å². The number of amides is 3. The van der Waals surface area contributed by atoms with Gasteiger partial charge in [-0.1, -0.05) is 20.8 Å². The monoisotopic (exact) mass is 469 g/mol. The van der Waals surface area contributed by atoms with E-state index in [1.165, 1.54) is 0 Å². The van der Waals surface area contributed by atoms with Crippen LogP contribution in [0.1, 0.15) is 70.1 Å². The van der Waals surface area contributed by atoms with Gasteiger partial charge in [-0.3, -0.25) is 14.4 Å². The SMILES string of the molecule is CC(C)(C)C[C@H](NC(=O)c1ccc(C(F)(F)F)[nH]1)C(=O)N[C@H](C#N)C[C@@H]1CC(C)(C)NC1=O. The van der Waals surface area contributed by atoms with Crippen LogP contribution in [-0.2, 0) is 15.8 Å². The van der Waals surface area contributed by atoms with Crippen LogP contribution in [0.25, 0.3) is 0 Å². The maximum absolute atomic E-state index is 12.9. The number of rotatable bonds is 7. The molecule has 1 aromatic rings. The molecule has 2 heterocycles. The topological polar surface area (TPSA) is 127 Å². The van der Waals surface area contributed by atoms with Crippen molar-refractivity contribution in [3.05, 3.63) is 23.5 Å². The summed E-state index contributed by atoms with van der Waals surface area (Å²) < 4.78 is 38.5. The molecule has 4 N–H and O–H groups in total. The van der Waals surface area contributed by atoms with Crippen LogP contribution in [0, 0.1) is 22.7 Å². The largest absolute Gasteiger partial charge is 0.431 e. The van der Waals surface area contributed by atoms with Crippen molar-refractivity contribution in [2.24, 2.45) is 11.3 Å². The first-order chi connectivity index (χ1) is 15.0. The van der Waals surface area contributed by atoms with Crippen molar-refractivity contribution in [1.29, 1.82) is 5.26 Å². The molecule has 0 bridgehead atoms. The van der Waals surface area contributed by atoms with E-state index in [2.05, 4.69) is 16.0 Å². The molecule has 11 heteroatoms. The van der Waals surface area contributed by atoms with Crippen molar-refractivity contribution < 1.29 is 27.6 Å². The highest BCUT2D eigenvalue weighted by Crippen LogP contribution is 2.29. The fourth-order valence-electron chi connectivity index (χ4n) is 3.84. The molecule has 182 valence electrons. The van der Waals surface area contributed by atoms with Crippen molar-refractivity contribution in [2.45, 2.75) is 77.7 Å². The number of carbonyl (C=O) groups excluding carboxylic acids is 3. The first-order valence-corrected chi connectivity index (χ1v) is 10.6. The Labute approximate surface area is 190 Å². The molecule has 0 aromatic carbocycles. The summed E-state index contributed by atoms with van der Waals surface area (Å²) in [5, 5.41) is 17.4. The second-order valence-corrected chi connectivity index (χ2v) is 10.3. The van der Waals surface area contributed by atoms with Gasteiger partial charge in [-0.2, -0.15) is 18.4 Å². The van der Waals surface area contributed by atoms with Gasteiger partial charge in [-0.25, -0.2) is 0 Å². The Balaban J connectivity index is 2.11. The van der Waals surface area contributed by atoms with E-state index in [1.54, 1.807) is 0 Å². The first kappa shape index (κ1) is 26.2. The quantitative estimate of drug-likeness (QED) is 0.490. The zero-order valence-electron chi connectivity index (χ0n) is 19.3. The first-order valence-electron chi connectivity index (χ1n) is 10.6. The van der Waals surface area contributed by atoms with Gasteiger partial charge in [0.1, 0.15) is 23.5 Å². The summed E-state index contributed by atoms with van der Waals surface area (Å²) in [5.74, 6) is -2.16. The van der Waals surface area contributed by atoms with Crippen LogP contribution in [0.4, 0.5) is 13.2 Å². The van der Waals surface area contributed by atoms with Gasteiger partial charge in [-0.05, 0) is 50.7 Å². The van der Waals surface area contributed by atoms with Crippen LogP contribution in [0.5, 0.6) is 0 Å². The van der Waals surface area contributed by atoms with Crippen LogP contribution in [0.15, 0.2) is 12.1 Å². The minimum Gasteiger partial charge on any atom is -0.351 e. The zero-order valence-corrected chi connectivity index (χ0v) is 19.3. The zero-order chi connectivity index (χ0) is 25.2. The number of nitrogens with zero attached hydrogens (tertiary/aromatic N) is 1. The van der Waals surface area contributed by atoms with Gasteiger partial charge in [0.25, 0.3) is 5.91 Å². The molecule has 1 aliphatic heterocycles. The minimum atomic E-state index is -4.64. The van der Waals surface area contributed by atoms with Crippen molar-refractivity contribution in [2.75, 3.05) is 0 Å². The predicted octanol–water partition coefficient (Wildman–Crippen LogP) is 2.88. The number of halogens is 3. The number of nitrogens with one attached hydrogen (secondary N) is 4. The third-order valence-corrected chi connectivity index (χ3v) is 5.26. The molecule has 1 aromatic heterocycles. The summed E-state index contributed by atoms with van der Waals surface area (Å²) in [4.78, 5) is 39.6. The average molecular weight is 470 g/mol. The number of hydrogen-bond donors (Lipinski definition) is 4. The Morgan fingerprint density at radius 1 is 1.24 bits per heavy atom. The summed E-state index contributed by atoms with van der Waals surface area (Å²) in [6.45, 7) is 9.24. The number of aromatic amines is 1. The van der Waals surface area contributed by atoms with Crippen LogP contribution in [0.3, 0.4) is 0 Å². The van der Waals surface area contributed by atoms with E-state index in [0.29, 0.717) is 6.42 Å². The summed E-state index contributed by atoms with van der Waals surface area (Å²) in [5.41, 5.74) is -2.23. The lowest BCUT2D eigenvalue weighted by Crippen LogP contribution is -2.51. The van der Waals surface area contributed by atoms with Crippen LogP contribution < -0.4 is 16.0 Å². The molecule has 2 rings (SSSR count). The van der Waals surface area contributed by atoms with Crippen molar-refractivity contribution in [3.63, 3.8) is 0 Å². The van der Waals surface area contributed by atoms with Gasteiger partial charge in [-0.15, -0.1) is 0 Å². The molecular formula is C22H30F3N5O3. The van der Waals surface area contributed by atoms with Gasteiger partial charge in [0.15, 0.2) is 0 Å². The molecule has 33 heavy (non-hydrogen) atoms. The van der Waals surface area contributed by atoms with Crippen LogP contribution in [0.2, 0.25) is 0 Å². The second kappa shape index (κ2) is 9.45. The summed E-state index contributed by atoms with van der Waals surface area (Å²) in [6, 6.07) is 1.64. The Bertz CT molecular complexity index is 940. The molecule has 0 aliphatic carbocycles. The van der Waals surface area contributed by atoms with Crippen molar-refractivity contribution in [1.82, 2.24) is 20.9 Å². The number of H-pyrrole nitrogens is 1. The average Bonchev–Trinajstić information content (AvgIpc) is 3.23. The van der Waals surface area contributed by atoms with E-state index in [1.807, 2.05) is 45.7 Å². The van der Waals surface area contributed by atoms with E-state index in [0.717, 1.165) is 12.1 Å². The Hall–Kier alpha value is -3.03. The Morgan fingerprint density at radius 3 is 2.33 bits per heavy atom. The fourth-order valence-corrected chi connectivity index (χ4v) is 3.84. The second-order valence-electron chi connectivity index (χ2n) is 10.3.